The summed E-state index contributed by atoms with van der Waals surface area (Å²) >= 11 is 0. The summed E-state index contributed by atoms with van der Waals surface area (Å²) in [5.74, 6) is -0.816. The first-order valence-corrected chi connectivity index (χ1v) is 10.6. The summed E-state index contributed by atoms with van der Waals surface area (Å²) in [7, 11) is 3.91. The number of nitrogens with zero attached hydrogens (tertiary/aromatic N) is 2. The summed E-state index contributed by atoms with van der Waals surface area (Å²) in [6.45, 7) is 6.00. The quantitative estimate of drug-likeness (QED) is 0.750. The van der Waals surface area contributed by atoms with Gasteiger partial charge in [-0.15, -0.1) is 0 Å². The maximum absolute atomic E-state index is 13.4. The Bertz CT molecular complexity index is 1060. The second-order valence-corrected chi connectivity index (χ2v) is 9.57. The average Bonchev–Trinajstić information content (AvgIpc) is 2.91. The average molecular weight is 420 g/mol. The highest BCUT2D eigenvalue weighted by molar-refractivity contribution is 6.21. The van der Waals surface area contributed by atoms with Crippen molar-refractivity contribution in [1.82, 2.24) is 0 Å². The lowest BCUT2D eigenvalue weighted by Crippen LogP contribution is -2.59. The number of piperidine rings is 1. The van der Waals surface area contributed by atoms with Gasteiger partial charge in [-0.2, -0.15) is 0 Å². The normalized spacial score (nSPS) is 24.3. The molecule has 2 fully saturated rings. The Labute approximate surface area is 183 Å². The fourth-order valence-corrected chi connectivity index (χ4v) is 4.89. The van der Waals surface area contributed by atoms with E-state index in [-0.39, 0.29) is 29.1 Å². The summed E-state index contributed by atoms with van der Waals surface area (Å²) in [4.78, 5) is 42.7. The molecule has 0 spiro atoms. The topological polar surface area (TPSA) is 69.7 Å². The monoisotopic (exact) mass is 419 g/mol. The number of benzene rings is 2. The molecule has 0 aromatic heterocycles. The van der Waals surface area contributed by atoms with Crippen LogP contribution in [0.5, 0.6) is 0 Å². The molecule has 1 N–H and O–H groups in total. The van der Waals surface area contributed by atoms with E-state index in [0.29, 0.717) is 29.8 Å². The minimum absolute atomic E-state index is 0.165. The van der Waals surface area contributed by atoms with Gasteiger partial charge in [-0.05, 0) is 60.7 Å². The van der Waals surface area contributed by atoms with Crippen molar-refractivity contribution >= 4 is 34.8 Å². The fourth-order valence-electron chi connectivity index (χ4n) is 4.89. The molecular weight excluding hydrogens is 390 g/mol. The highest BCUT2D eigenvalue weighted by Gasteiger charge is 2.64. The molecule has 2 bridgehead atoms. The maximum atomic E-state index is 13.4. The minimum Gasteiger partial charge on any atom is -0.378 e. The van der Waals surface area contributed by atoms with E-state index >= 15 is 0 Å². The Kier molecular flexibility index (Phi) is 4.91. The Balaban J connectivity index is 1.59. The van der Waals surface area contributed by atoms with Crippen LogP contribution >= 0.6 is 0 Å². The predicted octanol–water partition coefficient (Wildman–Crippen LogP) is 4.32. The number of carbonyl (C=O) groups is 3. The second kappa shape index (κ2) is 7.22. The zero-order valence-corrected chi connectivity index (χ0v) is 18.7. The van der Waals surface area contributed by atoms with Gasteiger partial charge in [0.05, 0.1) is 11.1 Å². The highest BCUT2D eigenvalue weighted by atomic mass is 16.2. The van der Waals surface area contributed by atoms with Crippen molar-refractivity contribution in [2.75, 3.05) is 29.2 Å². The van der Waals surface area contributed by atoms with E-state index in [9.17, 15) is 14.4 Å². The molecule has 1 aliphatic heterocycles. The third kappa shape index (κ3) is 3.21. The molecule has 0 radical (unpaired) electrons. The van der Waals surface area contributed by atoms with E-state index < -0.39 is 5.41 Å². The van der Waals surface area contributed by atoms with Gasteiger partial charge >= 0.3 is 0 Å². The number of fused-ring (bicyclic) bond motifs is 2. The number of hydrogen-bond donors (Lipinski definition) is 1. The van der Waals surface area contributed by atoms with Gasteiger partial charge in [0, 0.05) is 37.0 Å². The third-order valence-electron chi connectivity index (χ3n) is 7.43. The van der Waals surface area contributed by atoms with Crippen LogP contribution in [0.2, 0.25) is 0 Å². The number of nitrogens with one attached hydrogen (secondary N) is 1. The Morgan fingerprint density at radius 3 is 2.39 bits per heavy atom. The molecule has 1 heterocycles. The van der Waals surface area contributed by atoms with Crippen molar-refractivity contribution in [3.8, 4) is 0 Å². The first-order valence-electron chi connectivity index (χ1n) is 10.6. The van der Waals surface area contributed by atoms with Gasteiger partial charge in [0.15, 0.2) is 0 Å². The molecule has 2 aromatic carbocycles. The van der Waals surface area contributed by atoms with Gasteiger partial charge in [0.25, 0.3) is 5.91 Å². The van der Waals surface area contributed by atoms with Crippen LogP contribution in [0.15, 0.2) is 48.5 Å². The van der Waals surface area contributed by atoms with Crippen molar-refractivity contribution in [1.29, 1.82) is 0 Å². The highest BCUT2D eigenvalue weighted by Crippen LogP contribution is 2.60. The molecule has 2 aliphatic rings. The van der Waals surface area contributed by atoms with E-state index in [2.05, 4.69) is 5.32 Å². The largest absolute Gasteiger partial charge is 0.378 e. The molecule has 6 heteroatoms. The summed E-state index contributed by atoms with van der Waals surface area (Å²) < 4.78 is 0. The molecule has 0 unspecified atom stereocenters. The Morgan fingerprint density at radius 1 is 1.06 bits per heavy atom. The van der Waals surface area contributed by atoms with Crippen LogP contribution in [0.4, 0.5) is 17.1 Å². The summed E-state index contributed by atoms with van der Waals surface area (Å²) in [5.41, 5.74) is 1.62. The lowest BCUT2D eigenvalue weighted by molar-refractivity contribution is -0.146. The number of amides is 3. The summed E-state index contributed by atoms with van der Waals surface area (Å²) in [6.07, 6.45) is 1.42. The molecular formula is C25H29N3O3. The van der Waals surface area contributed by atoms with Gasteiger partial charge in [0.1, 0.15) is 0 Å². The van der Waals surface area contributed by atoms with Gasteiger partial charge in [-0.1, -0.05) is 26.8 Å². The lowest BCUT2D eigenvalue weighted by Gasteiger charge is -2.47. The summed E-state index contributed by atoms with van der Waals surface area (Å²) in [5, 5.41) is 2.88. The van der Waals surface area contributed by atoms with Crippen LogP contribution in [-0.4, -0.2) is 31.8 Å². The van der Waals surface area contributed by atoms with E-state index in [4.69, 9.17) is 0 Å². The predicted molar refractivity (Wildman–Crippen MR) is 122 cm³/mol. The number of hydrogen-bond acceptors (Lipinski definition) is 4. The lowest BCUT2D eigenvalue weighted by atomic mass is 9.62. The molecule has 1 saturated carbocycles. The second-order valence-electron chi connectivity index (χ2n) is 9.57. The van der Waals surface area contributed by atoms with Crippen molar-refractivity contribution in [3.63, 3.8) is 0 Å². The molecule has 2 aromatic rings. The van der Waals surface area contributed by atoms with Crippen molar-refractivity contribution in [2.45, 2.75) is 33.6 Å². The molecule has 6 nitrogen and oxygen atoms in total. The van der Waals surface area contributed by atoms with Gasteiger partial charge < -0.3 is 10.2 Å². The van der Waals surface area contributed by atoms with Gasteiger partial charge in [-0.25, -0.2) is 4.90 Å². The summed E-state index contributed by atoms with van der Waals surface area (Å²) in [6, 6.07) is 14.3. The molecule has 1 saturated heterocycles. The van der Waals surface area contributed by atoms with Crippen LogP contribution < -0.4 is 15.1 Å². The molecule has 162 valence electrons. The molecule has 4 rings (SSSR count). The van der Waals surface area contributed by atoms with Crippen molar-refractivity contribution < 1.29 is 14.4 Å². The van der Waals surface area contributed by atoms with Gasteiger partial charge in [-0.3, -0.25) is 14.4 Å². The van der Waals surface area contributed by atoms with E-state index in [1.807, 2.05) is 64.0 Å². The van der Waals surface area contributed by atoms with Gasteiger partial charge in [0.2, 0.25) is 11.8 Å². The number of carbonyl (C=O) groups excluding carboxylic acids is 3. The first kappa shape index (κ1) is 21.1. The zero-order chi connectivity index (χ0) is 22.6. The van der Waals surface area contributed by atoms with Crippen molar-refractivity contribution in [3.05, 3.63) is 54.1 Å². The molecule has 2 atom stereocenters. The van der Waals surface area contributed by atoms with Crippen LogP contribution in [0.25, 0.3) is 0 Å². The SMILES string of the molecule is CN(C)c1ccc(NC(=O)c2cccc(N3C(=O)[C@H]4CC[C@@](C)(C3=O)C4(C)C)c2)cc1. The third-order valence-corrected chi connectivity index (χ3v) is 7.43. The standard InChI is InChI=1S/C25H29N3O3/c1-24(2)20-13-14-25(24,3)23(31)28(22(20)30)19-8-6-7-16(15-19)21(29)26-17-9-11-18(12-10-17)27(4)5/h6-12,15,20H,13-14H2,1-5H3,(H,26,29)/t20-,25+/m1/s1. The van der Waals surface area contributed by atoms with E-state index in [1.54, 1.807) is 24.3 Å². The molecule has 1 aliphatic carbocycles. The zero-order valence-electron chi connectivity index (χ0n) is 18.7. The van der Waals surface area contributed by atoms with E-state index in [0.717, 1.165) is 5.69 Å². The number of rotatable bonds is 4. The van der Waals surface area contributed by atoms with Crippen LogP contribution in [0, 0.1) is 16.7 Å². The smallest absolute Gasteiger partial charge is 0.255 e. The van der Waals surface area contributed by atoms with E-state index in [1.165, 1.54) is 4.90 Å². The molecule has 31 heavy (non-hydrogen) atoms. The van der Waals surface area contributed by atoms with Crippen LogP contribution in [0.1, 0.15) is 44.0 Å². The minimum atomic E-state index is -0.585. The first-order chi connectivity index (χ1) is 14.6. The Morgan fingerprint density at radius 2 is 1.74 bits per heavy atom. The number of imide groups is 1. The van der Waals surface area contributed by atoms with Crippen LogP contribution in [-0.2, 0) is 9.59 Å². The van der Waals surface area contributed by atoms with Crippen molar-refractivity contribution in [2.24, 2.45) is 16.7 Å². The molecule has 3 amide bonds. The van der Waals surface area contributed by atoms with Crippen LogP contribution in [0.3, 0.4) is 0 Å². The fraction of sp³-hybridized carbons (Fsp3) is 0.400. The number of anilines is 3. The maximum Gasteiger partial charge on any atom is 0.255 e. The Hall–Kier alpha value is -3.15.